The maximum absolute atomic E-state index is 12.2. The van der Waals surface area contributed by atoms with Gasteiger partial charge in [-0.05, 0) is 25.8 Å². The minimum Gasteiger partial charge on any atom is -0.354 e. The molecule has 0 aliphatic carbocycles. The van der Waals surface area contributed by atoms with Crippen LogP contribution in [-0.4, -0.2) is 47.9 Å². The normalized spacial score (nSPS) is 16.6. The molecule has 0 atom stereocenters. The minimum atomic E-state index is -0.853. The summed E-state index contributed by atoms with van der Waals surface area (Å²) in [6.07, 6.45) is 1.69. The van der Waals surface area contributed by atoms with E-state index in [2.05, 4.69) is 10.6 Å². The zero-order chi connectivity index (χ0) is 14.5. The third kappa shape index (κ3) is 3.83. The number of imide groups is 1. The van der Waals surface area contributed by atoms with Crippen LogP contribution < -0.4 is 16.4 Å². The van der Waals surface area contributed by atoms with Gasteiger partial charge in [-0.1, -0.05) is 13.8 Å². The summed E-state index contributed by atoms with van der Waals surface area (Å²) in [6, 6.07) is -0.498. The van der Waals surface area contributed by atoms with E-state index in [4.69, 9.17) is 5.73 Å². The summed E-state index contributed by atoms with van der Waals surface area (Å²) >= 11 is 0. The number of amides is 4. The van der Waals surface area contributed by atoms with E-state index in [0.717, 1.165) is 4.90 Å². The Kier molecular flexibility index (Phi) is 7.52. The zero-order valence-corrected chi connectivity index (χ0v) is 12.7. The molecule has 8 heteroatoms. The fraction of sp³-hybridized carbons (Fsp3) is 0.750. The highest BCUT2D eigenvalue weighted by atomic mass is 35.5. The van der Waals surface area contributed by atoms with Gasteiger partial charge in [0.25, 0.3) is 5.91 Å². The molecule has 7 nitrogen and oxygen atoms in total. The Balaban J connectivity index is 0.00000361. The van der Waals surface area contributed by atoms with Gasteiger partial charge in [-0.3, -0.25) is 14.5 Å². The number of rotatable bonds is 7. The van der Waals surface area contributed by atoms with Gasteiger partial charge in [0, 0.05) is 6.54 Å². The van der Waals surface area contributed by atoms with Crippen molar-refractivity contribution in [2.75, 3.05) is 19.6 Å². The molecule has 0 radical (unpaired) electrons. The van der Waals surface area contributed by atoms with Crippen molar-refractivity contribution in [3.05, 3.63) is 0 Å². The highest BCUT2D eigenvalue weighted by Gasteiger charge is 2.49. The lowest BCUT2D eigenvalue weighted by Crippen LogP contribution is -2.46. The van der Waals surface area contributed by atoms with Crippen molar-refractivity contribution in [1.29, 1.82) is 0 Å². The van der Waals surface area contributed by atoms with E-state index >= 15 is 0 Å². The van der Waals surface area contributed by atoms with Crippen LogP contribution in [0.25, 0.3) is 0 Å². The number of carbonyl (C=O) groups is 3. The summed E-state index contributed by atoms with van der Waals surface area (Å²) in [5.74, 6) is -0.670. The number of nitrogens with zero attached hydrogens (tertiary/aromatic N) is 1. The van der Waals surface area contributed by atoms with Crippen molar-refractivity contribution in [3.8, 4) is 0 Å². The standard InChI is InChI=1S/C12H22N4O3.ClH/c1-3-12(4-2)10(18)16(11(19)15-12)8-9(17)14-7-5-6-13;/h3-8,13H2,1-2H3,(H,14,17)(H,15,19);1H. The number of hydrogen-bond acceptors (Lipinski definition) is 4. The molecule has 0 saturated carbocycles. The monoisotopic (exact) mass is 306 g/mol. The first-order chi connectivity index (χ1) is 9.00. The first-order valence-electron chi connectivity index (χ1n) is 6.61. The van der Waals surface area contributed by atoms with E-state index in [-0.39, 0.29) is 30.8 Å². The fourth-order valence-electron chi connectivity index (χ4n) is 2.08. The van der Waals surface area contributed by atoms with Crippen LogP contribution in [0.4, 0.5) is 4.79 Å². The molecule has 0 aromatic rings. The van der Waals surface area contributed by atoms with Gasteiger partial charge in [-0.15, -0.1) is 12.4 Å². The van der Waals surface area contributed by atoms with Crippen molar-refractivity contribution in [2.24, 2.45) is 5.73 Å². The van der Waals surface area contributed by atoms with Crippen LogP contribution in [0.5, 0.6) is 0 Å². The summed E-state index contributed by atoms with van der Waals surface area (Å²) in [5, 5.41) is 5.30. The molecule has 0 unspecified atom stereocenters. The van der Waals surface area contributed by atoms with E-state index in [1.165, 1.54) is 0 Å². The second kappa shape index (κ2) is 8.06. The van der Waals surface area contributed by atoms with Crippen LogP contribution >= 0.6 is 12.4 Å². The maximum Gasteiger partial charge on any atom is 0.325 e. The minimum absolute atomic E-state index is 0. The predicted octanol–water partition coefficient (Wildman–Crippen LogP) is -0.0162. The summed E-state index contributed by atoms with van der Waals surface area (Å²) in [5.41, 5.74) is 4.46. The molecule has 116 valence electrons. The Morgan fingerprint density at radius 1 is 1.35 bits per heavy atom. The molecule has 1 fully saturated rings. The summed E-state index contributed by atoms with van der Waals surface area (Å²) in [7, 11) is 0. The van der Waals surface area contributed by atoms with Crippen molar-refractivity contribution < 1.29 is 14.4 Å². The zero-order valence-electron chi connectivity index (χ0n) is 11.9. The lowest BCUT2D eigenvalue weighted by Gasteiger charge is -2.22. The second-order valence-electron chi connectivity index (χ2n) is 4.60. The smallest absolute Gasteiger partial charge is 0.325 e. The first kappa shape index (κ1) is 18.7. The summed E-state index contributed by atoms with van der Waals surface area (Å²) < 4.78 is 0. The molecule has 4 N–H and O–H groups in total. The Labute approximate surface area is 125 Å². The molecule has 0 spiro atoms. The molecule has 0 aromatic heterocycles. The third-order valence-corrected chi connectivity index (χ3v) is 3.46. The number of urea groups is 1. The summed E-state index contributed by atoms with van der Waals surface area (Å²) in [4.78, 5) is 36.6. The highest BCUT2D eigenvalue weighted by Crippen LogP contribution is 2.24. The topological polar surface area (TPSA) is 105 Å². The van der Waals surface area contributed by atoms with Crippen LogP contribution in [0.3, 0.4) is 0 Å². The fourth-order valence-corrected chi connectivity index (χ4v) is 2.08. The van der Waals surface area contributed by atoms with Gasteiger partial charge in [0.15, 0.2) is 0 Å². The second-order valence-corrected chi connectivity index (χ2v) is 4.60. The average molecular weight is 307 g/mol. The van der Waals surface area contributed by atoms with Gasteiger partial charge in [0.05, 0.1) is 0 Å². The molecule has 1 aliphatic heterocycles. The molecular formula is C12H23ClN4O3. The predicted molar refractivity (Wildman–Crippen MR) is 77.5 cm³/mol. The van der Waals surface area contributed by atoms with Gasteiger partial charge in [-0.2, -0.15) is 0 Å². The molecular weight excluding hydrogens is 284 g/mol. The van der Waals surface area contributed by atoms with Gasteiger partial charge < -0.3 is 16.4 Å². The van der Waals surface area contributed by atoms with Crippen LogP contribution in [0.15, 0.2) is 0 Å². The molecule has 1 heterocycles. The SMILES string of the molecule is CCC1(CC)NC(=O)N(CC(=O)NCCCN)C1=O.Cl. The quantitative estimate of drug-likeness (QED) is 0.454. The van der Waals surface area contributed by atoms with E-state index in [9.17, 15) is 14.4 Å². The molecule has 1 saturated heterocycles. The lowest BCUT2D eigenvalue weighted by atomic mass is 9.93. The number of halogens is 1. The van der Waals surface area contributed by atoms with E-state index in [1.54, 1.807) is 0 Å². The number of hydrogen-bond donors (Lipinski definition) is 3. The van der Waals surface area contributed by atoms with Crippen molar-refractivity contribution in [3.63, 3.8) is 0 Å². The highest BCUT2D eigenvalue weighted by molar-refractivity contribution is 6.08. The number of nitrogens with one attached hydrogen (secondary N) is 2. The maximum atomic E-state index is 12.2. The molecule has 20 heavy (non-hydrogen) atoms. The largest absolute Gasteiger partial charge is 0.354 e. The first-order valence-corrected chi connectivity index (χ1v) is 6.61. The molecule has 1 aliphatic rings. The van der Waals surface area contributed by atoms with Gasteiger partial charge in [0.1, 0.15) is 12.1 Å². The Morgan fingerprint density at radius 2 is 1.95 bits per heavy atom. The Morgan fingerprint density at radius 3 is 2.40 bits per heavy atom. The van der Waals surface area contributed by atoms with E-state index < -0.39 is 11.6 Å². The van der Waals surface area contributed by atoms with E-state index in [1.807, 2.05) is 13.8 Å². The van der Waals surface area contributed by atoms with Gasteiger partial charge >= 0.3 is 6.03 Å². The van der Waals surface area contributed by atoms with Crippen LogP contribution in [0, 0.1) is 0 Å². The van der Waals surface area contributed by atoms with Crippen molar-refractivity contribution in [2.45, 2.75) is 38.6 Å². The van der Waals surface area contributed by atoms with Crippen molar-refractivity contribution >= 4 is 30.3 Å². The van der Waals surface area contributed by atoms with Crippen LogP contribution in [0.2, 0.25) is 0 Å². The van der Waals surface area contributed by atoms with Crippen LogP contribution in [0.1, 0.15) is 33.1 Å². The number of nitrogens with two attached hydrogens (primary N) is 1. The Hall–Kier alpha value is -1.34. The lowest BCUT2D eigenvalue weighted by molar-refractivity contribution is -0.135. The third-order valence-electron chi connectivity index (χ3n) is 3.46. The van der Waals surface area contributed by atoms with Gasteiger partial charge in [0.2, 0.25) is 5.91 Å². The molecule has 0 bridgehead atoms. The molecule has 4 amide bonds. The van der Waals surface area contributed by atoms with Crippen LogP contribution in [-0.2, 0) is 9.59 Å². The average Bonchev–Trinajstić information content (AvgIpc) is 2.64. The Bertz CT molecular complexity index is 372. The van der Waals surface area contributed by atoms with Gasteiger partial charge in [-0.25, -0.2) is 4.79 Å². The van der Waals surface area contributed by atoms with Crippen molar-refractivity contribution in [1.82, 2.24) is 15.5 Å². The van der Waals surface area contributed by atoms with E-state index in [0.29, 0.717) is 32.4 Å². The molecule has 0 aromatic carbocycles. The summed E-state index contributed by atoms with van der Waals surface area (Å²) in [6.45, 7) is 4.37. The molecule has 1 rings (SSSR count). The number of carbonyl (C=O) groups excluding carboxylic acids is 3.